The first kappa shape index (κ1) is 22.4. The Bertz CT molecular complexity index is 1120. The number of halogens is 2. The summed E-state index contributed by atoms with van der Waals surface area (Å²) in [5.41, 5.74) is 1.54. The van der Waals surface area contributed by atoms with E-state index < -0.39 is 18.1 Å². The van der Waals surface area contributed by atoms with E-state index in [1.807, 2.05) is 0 Å². The van der Waals surface area contributed by atoms with Crippen molar-refractivity contribution in [3.8, 4) is 0 Å². The standard InChI is InChI=1S/C22H18Cl2N4O3/c1-25-22(31)15-4-2-5-16(11-15)28(13-14-6-7-17(23)18(24)10-14)20(30)12-19(29)21-26-8-3-9-27-21/h2-11H,12-13H2,1H3,(H,25,31). The van der Waals surface area contributed by atoms with Crippen LogP contribution in [-0.4, -0.2) is 34.6 Å². The molecule has 9 heteroatoms. The van der Waals surface area contributed by atoms with Crippen LogP contribution < -0.4 is 10.2 Å². The molecule has 158 valence electrons. The smallest absolute Gasteiger partial charge is 0.251 e. The SMILES string of the molecule is CNC(=O)c1cccc(N(Cc2ccc(Cl)c(Cl)c2)C(=O)CC(=O)c2ncccn2)c1. The van der Waals surface area contributed by atoms with Crippen molar-refractivity contribution in [3.63, 3.8) is 0 Å². The van der Waals surface area contributed by atoms with E-state index in [0.717, 1.165) is 0 Å². The first-order valence-corrected chi connectivity index (χ1v) is 10.0. The minimum absolute atomic E-state index is 0.0375. The number of nitrogens with zero attached hydrogens (tertiary/aromatic N) is 3. The Labute approximate surface area is 189 Å². The van der Waals surface area contributed by atoms with Crippen LogP contribution in [0.5, 0.6) is 0 Å². The van der Waals surface area contributed by atoms with Gasteiger partial charge in [-0.1, -0.05) is 35.3 Å². The molecule has 2 amide bonds. The van der Waals surface area contributed by atoms with E-state index in [-0.39, 0.29) is 18.3 Å². The van der Waals surface area contributed by atoms with Crippen molar-refractivity contribution in [2.75, 3.05) is 11.9 Å². The molecule has 0 atom stereocenters. The summed E-state index contributed by atoms with van der Waals surface area (Å²) in [6.45, 7) is 0.121. The summed E-state index contributed by atoms with van der Waals surface area (Å²) in [4.78, 5) is 46.9. The highest BCUT2D eigenvalue weighted by molar-refractivity contribution is 6.42. The number of benzene rings is 2. The monoisotopic (exact) mass is 456 g/mol. The van der Waals surface area contributed by atoms with E-state index in [1.54, 1.807) is 48.5 Å². The van der Waals surface area contributed by atoms with Crippen molar-refractivity contribution in [2.45, 2.75) is 13.0 Å². The van der Waals surface area contributed by atoms with Gasteiger partial charge < -0.3 is 10.2 Å². The average Bonchev–Trinajstić information content (AvgIpc) is 2.79. The zero-order valence-corrected chi connectivity index (χ0v) is 18.0. The number of amides is 2. The molecule has 0 radical (unpaired) electrons. The Balaban J connectivity index is 1.93. The Hall–Kier alpha value is -3.29. The van der Waals surface area contributed by atoms with Gasteiger partial charge in [0.1, 0.15) is 0 Å². The minimum atomic E-state index is -0.507. The number of carbonyl (C=O) groups excluding carboxylic acids is 3. The van der Waals surface area contributed by atoms with E-state index in [4.69, 9.17) is 23.2 Å². The Morgan fingerprint density at radius 1 is 0.968 bits per heavy atom. The maximum absolute atomic E-state index is 13.1. The molecule has 0 bridgehead atoms. The summed E-state index contributed by atoms with van der Waals surface area (Å²) in [5.74, 6) is -1.31. The predicted molar refractivity (Wildman–Crippen MR) is 118 cm³/mol. The van der Waals surface area contributed by atoms with Crippen LogP contribution in [0.25, 0.3) is 0 Å². The van der Waals surface area contributed by atoms with Crippen LogP contribution in [0.3, 0.4) is 0 Å². The number of rotatable bonds is 7. The molecule has 1 heterocycles. The number of hydrogen-bond donors (Lipinski definition) is 1. The lowest BCUT2D eigenvalue weighted by atomic mass is 10.1. The first-order chi connectivity index (χ1) is 14.9. The van der Waals surface area contributed by atoms with Gasteiger partial charge in [0, 0.05) is 30.7 Å². The number of nitrogens with one attached hydrogen (secondary N) is 1. The van der Waals surface area contributed by atoms with Gasteiger partial charge in [-0.25, -0.2) is 9.97 Å². The second kappa shape index (κ2) is 10.1. The van der Waals surface area contributed by atoms with Crippen LogP contribution in [-0.2, 0) is 11.3 Å². The zero-order valence-electron chi connectivity index (χ0n) is 16.5. The molecular weight excluding hydrogens is 439 g/mol. The van der Waals surface area contributed by atoms with Gasteiger partial charge in [-0.15, -0.1) is 0 Å². The molecule has 0 aliphatic rings. The molecule has 0 saturated heterocycles. The fraction of sp³-hybridized carbons (Fsp3) is 0.136. The fourth-order valence-electron chi connectivity index (χ4n) is 2.86. The summed E-state index contributed by atoms with van der Waals surface area (Å²) in [6.07, 6.45) is 2.44. The second-order valence-electron chi connectivity index (χ2n) is 6.53. The van der Waals surface area contributed by atoms with Crippen molar-refractivity contribution >= 4 is 46.5 Å². The van der Waals surface area contributed by atoms with Gasteiger partial charge in [0.05, 0.1) is 23.0 Å². The molecule has 3 rings (SSSR count). The molecule has 1 aromatic heterocycles. The Morgan fingerprint density at radius 3 is 2.39 bits per heavy atom. The van der Waals surface area contributed by atoms with Gasteiger partial charge in [-0.3, -0.25) is 14.4 Å². The summed E-state index contributed by atoms with van der Waals surface area (Å²) in [7, 11) is 1.52. The highest BCUT2D eigenvalue weighted by atomic mass is 35.5. The van der Waals surface area contributed by atoms with E-state index in [2.05, 4.69) is 15.3 Å². The third kappa shape index (κ3) is 5.65. The third-order valence-corrected chi connectivity index (χ3v) is 5.14. The van der Waals surface area contributed by atoms with Crippen molar-refractivity contribution in [1.29, 1.82) is 0 Å². The number of hydrogen-bond acceptors (Lipinski definition) is 5. The average molecular weight is 457 g/mol. The molecule has 1 N–H and O–H groups in total. The molecule has 0 aliphatic heterocycles. The number of anilines is 1. The summed E-state index contributed by atoms with van der Waals surface area (Å²) in [5, 5.41) is 3.29. The molecule has 0 unspecified atom stereocenters. The molecule has 0 saturated carbocycles. The number of aromatic nitrogens is 2. The van der Waals surface area contributed by atoms with Gasteiger partial charge in [0.2, 0.25) is 11.7 Å². The molecule has 0 fully saturated rings. The van der Waals surface area contributed by atoms with Crippen LogP contribution in [0, 0.1) is 0 Å². The summed E-state index contributed by atoms with van der Waals surface area (Å²) >= 11 is 12.1. The third-order valence-electron chi connectivity index (χ3n) is 4.40. The van der Waals surface area contributed by atoms with Crippen LogP contribution in [0.1, 0.15) is 33.0 Å². The molecule has 31 heavy (non-hydrogen) atoms. The topological polar surface area (TPSA) is 92.3 Å². The quantitative estimate of drug-likeness (QED) is 0.429. The molecular formula is C22H18Cl2N4O3. The number of Topliss-reactive ketones (excluding diaryl/α,β-unsaturated/α-hetero) is 1. The van der Waals surface area contributed by atoms with Crippen LogP contribution in [0.15, 0.2) is 60.9 Å². The number of ketones is 1. The molecule has 0 aliphatic carbocycles. The first-order valence-electron chi connectivity index (χ1n) is 9.25. The molecule has 2 aromatic carbocycles. The summed E-state index contributed by atoms with van der Waals surface area (Å²) < 4.78 is 0. The van der Waals surface area contributed by atoms with E-state index in [0.29, 0.717) is 26.9 Å². The second-order valence-corrected chi connectivity index (χ2v) is 7.34. The molecule has 0 spiro atoms. The van der Waals surface area contributed by atoms with Crippen LogP contribution in [0.4, 0.5) is 5.69 Å². The van der Waals surface area contributed by atoms with Gasteiger partial charge in [-0.05, 0) is 42.0 Å². The van der Waals surface area contributed by atoms with Crippen LogP contribution in [0.2, 0.25) is 10.0 Å². The molecule has 3 aromatic rings. The highest BCUT2D eigenvalue weighted by Crippen LogP contribution is 2.26. The predicted octanol–water partition coefficient (Wildman–Crippen LogP) is 3.95. The minimum Gasteiger partial charge on any atom is -0.355 e. The van der Waals surface area contributed by atoms with Crippen LogP contribution >= 0.6 is 23.2 Å². The Morgan fingerprint density at radius 2 is 1.71 bits per heavy atom. The van der Waals surface area contributed by atoms with E-state index >= 15 is 0 Å². The van der Waals surface area contributed by atoms with Gasteiger partial charge >= 0.3 is 0 Å². The lowest BCUT2D eigenvalue weighted by Crippen LogP contribution is -2.32. The highest BCUT2D eigenvalue weighted by Gasteiger charge is 2.22. The lowest BCUT2D eigenvalue weighted by Gasteiger charge is -2.23. The maximum atomic E-state index is 13.1. The van der Waals surface area contributed by atoms with E-state index in [9.17, 15) is 14.4 Å². The van der Waals surface area contributed by atoms with Crippen molar-refractivity contribution in [3.05, 3.63) is 87.9 Å². The molecule has 7 nitrogen and oxygen atoms in total. The van der Waals surface area contributed by atoms with E-state index in [1.165, 1.54) is 24.3 Å². The summed E-state index contributed by atoms with van der Waals surface area (Å²) in [6, 6.07) is 13.2. The van der Waals surface area contributed by atoms with Crippen molar-refractivity contribution < 1.29 is 14.4 Å². The largest absolute Gasteiger partial charge is 0.355 e. The zero-order chi connectivity index (χ0) is 22.4. The van der Waals surface area contributed by atoms with Gasteiger partial charge in [-0.2, -0.15) is 0 Å². The Kier molecular flexibility index (Phi) is 7.33. The number of carbonyl (C=O) groups is 3. The fourth-order valence-corrected chi connectivity index (χ4v) is 3.18. The normalized spacial score (nSPS) is 10.4. The lowest BCUT2D eigenvalue weighted by molar-refractivity contribution is -0.117. The maximum Gasteiger partial charge on any atom is 0.251 e. The van der Waals surface area contributed by atoms with Crippen molar-refractivity contribution in [1.82, 2.24) is 15.3 Å². The van der Waals surface area contributed by atoms with Gasteiger partial charge in [0.25, 0.3) is 5.91 Å². The van der Waals surface area contributed by atoms with Crippen molar-refractivity contribution in [2.24, 2.45) is 0 Å². The van der Waals surface area contributed by atoms with Gasteiger partial charge in [0.15, 0.2) is 5.82 Å².